The van der Waals surface area contributed by atoms with Crippen LogP contribution in [0.2, 0.25) is 0 Å². The lowest BCUT2D eigenvalue weighted by molar-refractivity contribution is -0.126. The zero-order chi connectivity index (χ0) is 22.6. The molecule has 2 aliphatic rings. The van der Waals surface area contributed by atoms with E-state index in [0.717, 1.165) is 18.7 Å². The lowest BCUT2D eigenvalue weighted by Crippen LogP contribution is -2.44. The van der Waals surface area contributed by atoms with Crippen molar-refractivity contribution < 1.29 is 13.2 Å². The van der Waals surface area contributed by atoms with Gasteiger partial charge in [0.1, 0.15) is 0 Å². The Morgan fingerprint density at radius 3 is 2.22 bits per heavy atom. The molecule has 0 bridgehead atoms. The second-order valence-electron chi connectivity index (χ2n) is 8.91. The number of likely N-dealkylation sites (tertiary alicyclic amines) is 1. The van der Waals surface area contributed by atoms with Crippen LogP contribution in [0.1, 0.15) is 42.9 Å². The van der Waals surface area contributed by atoms with Crippen molar-refractivity contribution in [1.29, 1.82) is 0 Å². The van der Waals surface area contributed by atoms with Gasteiger partial charge in [0.15, 0.2) is 0 Å². The number of hydrogen-bond donors (Lipinski definition) is 1. The van der Waals surface area contributed by atoms with Crippen LogP contribution < -0.4 is 5.32 Å². The fourth-order valence-corrected chi connectivity index (χ4v) is 6.22. The van der Waals surface area contributed by atoms with Crippen LogP contribution in [0.5, 0.6) is 0 Å². The molecule has 172 valence electrons. The standard InChI is InChI=1S/C25H33N3O3S/c1-20-9-11-23(12-10-20)32(30,31)28-17-13-22(14-18-28)25(29)26-19-24(27-15-5-6-16-27)21-7-3-2-4-8-21/h2-4,7-12,22,24H,5-6,13-19H2,1H3,(H,26,29). The Balaban J connectivity index is 1.33. The fourth-order valence-electron chi connectivity index (χ4n) is 4.75. The molecule has 7 heteroatoms. The van der Waals surface area contributed by atoms with Gasteiger partial charge in [0.25, 0.3) is 0 Å². The zero-order valence-electron chi connectivity index (χ0n) is 18.7. The van der Waals surface area contributed by atoms with Crippen molar-refractivity contribution >= 4 is 15.9 Å². The number of piperidine rings is 1. The van der Waals surface area contributed by atoms with Crippen LogP contribution in [-0.4, -0.2) is 56.3 Å². The predicted molar refractivity (Wildman–Crippen MR) is 126 cm³/mol. The van der Waals surface area contributed by atoms with E-state index in [1.54, 1.807) is 12.1 Å². The Morgan fingerprint density at radius 2 is 1.59 bits per heavy atom. The highest BCUT2D eigenvalue weighted by atomic mass is 32.2. The first-order valence-corrected chi connectivity index (χ1v) is 13.0. The molecule has 2 aromatic carbocycles. The van der Waals surface area contributed by atoms with Gasteiger partial charge < -0.3 is 5.32 Å². The summed E-state index contributed by atoms with van der Waals surface area (Å²) >= 11 is 0. The van der Waals surface area contributed by atoms with Gasteiger partial charge in [-0.2, -0.15) is 4.31 Å². The minimum absolute atomic E-state index is 0.0394. The summed E-state index contributed by atoms with van der Waals surface area (Å²) in [6.45, 7) is 5.40. The summed E-state index contributed by atoms with van der Waals surface area (Å²) in [4.78, 5) is 15.7. The molecule has 1 N–H and O–H groups in total. The van der Waals surface area contributed by atoms with Crippen LogP contribution in [0.4, 0.5) is 0 Å². The molecule has 0 spiro atoms. The molecule has 1 atom stereocenters. The fraction of sp³-hybridized carbons (Fsp3) is 0.480. The maximum absolute atomic E-state index is 12.9. The highest BCUT2D eigenvalue weighted by molar-refractivity contribution is 7.89. The summed E-state index contributed by atoms with van der Waals surface area (Å²) in [7, 11) is -3.51. The number of carbonyl (C=O) groups excluding carboxylic acids is 1. The molecular formula is C25H33N3O3S. The topological polar surface area (TPSA) is 69.7 Å². The van der Waals surface area contributed by atoms with Crippen molar-refractivity contribution in [3.05, 3.63) is 65.7 Å². The van der Waals surface area contributed by atoms with Crippen LogP contribution in [0, 0.1) is 12.8 Å². The molecule has 2 aliphatic heterocycles. The van der Waals surface area contributed by atoms with Gasteiger partial charge in [-0.15, -0.1) is 0 Å². The lowest BCUT2D eigenvalue weighted by atomic mass is 9.97. The zero-order valence-corrected chi connectivity index (χ0v) is 19.6. The molecule has 2 heterocycles. The third-order valence-electron chi connectivity index (χ3n) is 6.72. The summed E-state index contributed by atoms with van der Waals surface area (Å²) in [5.74, 6) is -0.105. The van der Waals surface area contributed by atoms with Gasteiger partial charge in [-0.25, -0.2) is 8.42 Å². The molecule has 2 saturated heterocycles. The third kappa shape index (κ3) is 5.22. The quantitative estimate of drug-likeness (QED) is 0.695. The average molecular weight is 456 g/mol. The molecule has 0 aromatic heterocycles. The molecule has 0 aliphatic carbocycles. The Morgan fingerprint density at radius 1 is 0.969 bits per heavy atom. The van der Waals surface area contributed by atoms with Crippen molar-refractivity contribution in [2.75, 3.05) is 32.7 Å². The van der Waals surface area contributed by atoms with E-state index >= 15 is 0 Å². The molecule has 2 fully saturated rings. The van der Waals surface area contributed by atoms with E-state index < -0.39 is 10.0 Å². The number of aryl methyl sites for hydroxylation is 1. The number of benzene rings is 2. The number of rotatable bonds is 7. The van der Waals surface area contributed by atoms with Gasteiger partial charge in [0, 0.05) is 25.6 Å². The molecule has 6 nitrogen and oxygen atoms in total. The van der Waals surface area contributed by atoms with E-state index in [1.807, 2.05) is 37.3 Å². The highest BCUT2D eigenvalue weighted by Gasteiger charge is 2.32. The Bertz CT molecular complexity index is 994. The summed E-state index contributed by atoms with van der Waals surface area (Å²) in [5, 5.41) is 3.17. The van der Waals surface area contributed by atoms with E-state index in [4.69, 9.17) is 0 Å². The van der Waals surface area contributed by atoms with E-state index in [0.29, 0.717) is 37.4 Å². The number of carbonyl (C=O) groups is 1. The average Bonchev–Trinajstić information content (AvgIpc) is 3.35. The van der Waals surface area contributed by atoms with E-state index in [2.05, 4.69) is 22.3 Å². The van der Waals surface area contributed by atoms with Crippen molar-refractivity contribution in [1.82, 2.24) is 14.5 Å². The maximum atomic E-state index is 12.9. The van der Waals surface area contributed by atoms with Crippen LogP contribution in [0.25, 0.3) is 0 Å². The monoisotopic (exact) mass is 455 g/mol. The normalized spacial score (nSPS) is 19.7. The Hall–Kier alpha value is -2.22. The molecule has 2 aromatic rings. The van der Waals surface area contributed by atoms with Gasteiger partial charge in [-0.1, -0.05) is 48.0 Å². The number of sulfonamides is 1. The van der Waals surface area contributed by atoms with E-state index in [9.17, 15) is 13.2 Å². The van der Waals surface area contributed by atoms with E-state index in [-0.39, 0.29) is 17.9 Å². The molecule has 1 amide bonds. The van der Waals surface area contributed by atoms with Crippen molar-refractivity contribution in [2.45, 2.75) is 43.5 Å². The molecule has 4 rings (SSSR count). The molecule has 0 saturated carbocycles. The first kappa shape index (κ1) is 23.0. The van der Waals surface area contributed by atoms with Crippen LogP contribution in [-0.2, 0) is 14.8 Å². The minimum atomic E-state index is -3.51. The van der Waals surface area contributed by atoms with Gasteiger partial charge in [0.05, 0.1) is 10.9 Å². The number of hydrogen-bond acceptors (Lipinski definition) is 4. The van der Waals surface area contributed by atoms with Gasteiger partial charge in [-0.05, 0) is 63.4 Å². The van der Waals surface area contributed by atoms with Crippen LogP contribution >= 0.6 is 0 Å². The van der Waals surface area contributed by atoms with Crippen LogP contribution in [0.15, 0.2) is 59.5 Å². The summed E-state index contributed by atoms with van der Waals surface area (Å²) in [6, 6.07) is 17.5. The first-order valence-electron chi connectivity index (χ1n) is 11.6. The maximum Gasteiger partial charge on any atom is 0.243 e. The van der Waals surface area contributed by atoms with Gasteiger partial charge in [-0.3, -0.25) is 9.69 Å². The second kappa shape index (κ2) is 10.1. The van der Waals surface area contributed by atoms with Crippen molar-refractivity contribution in [2.24, 2.45) is 5.92 Å². The van der Waals surface area contributed by atoms with Gasteiger partial charge >= 0.3 is 0 Å². The smallest absolute Gasteiger partial charge is 0.243 e. The van der Waals surface area contributed by atoms with E-state index in [1.165, 1.54) is 22.7 Å². The van der Waals surface area contributed by atoms with Crippen molar-refractivity contribution in [3.63, 3.8) is 0 Å². The first-order chi connectivity index (χ1) is 15.4. The molecule has 32 heavy (non-hydrogen) atoms. The summed E-state index contributed by atoms with van der Waals surface area (Å²) in [5.41, 5.74) is 2.26. The second-order valence-corrected chi connectivity index (χ2v) is 10.8. The largest absolute Gasteiger partial charge is 0.354 e. The number of amides is 1. The number of nitrogens with one attached hydrogen (secondary N) is 1. The SMILES string of the molecule is Cc1ccc(S(=O)(=O)N2CCC(C(=O)NCC(c3ccccc3)N3CCCC3)CC2)cc1. The van der Waals surface area contributed by atoms with Crippen LogP contribution in [0.3, 0.4) is 0 Å². The summed E-state index contributed by atoms with van der Waals surface area (Å²) < 4.78 is 27.3. The molecule has 0 radical (unpaired) electrons. The molecule has 1 unspecified atom stereocenters. The minimum Gasteiger partial charge on any atom is -0.354 e. The lowest BCUT2D eigenvalue weighted by Gasteiger charge is -2.32. The van der Waals surface area contributed by atoms with Crippen molar-refractivity contribution in [3.8, 4) is 0 Å². The highest BCUT2D eigenvalue weighted by Crippen LogP contribution is 2.26. The predicted octanol–water partition coefficient (Wildman–Crippen LogP) is 3.35. The Labute approximate surface area is 191 Å². The third-order valence-corrected chi connectivity index (χ3v) is 8.63. The Kier molecular flexibility index (Phi) is 7.28. The molecular weight excluding hydrogens is 422 g/mol. The van der Waals surface area contributed by atoms with Gasteiger partial charge in [0.2, 0.25) is 15.9 Å². The summed E-state index contributed by atoms with van der Waals surface area (Å²) in [6.07, 6.45) is 3.50. The number of nitrogens with zero attached hydrogens (tertiary/aromatic N) is 2.